The van der Waals surface area contributed by atoms with Crippen LogP contribution in [0.4, 0.5) is 0 Å². The Kier molecular flexibility index (Phi) is 45.1. The van der Waals surface area contributed by atoms with E-state index in [1.807, 2.05) is 0 Å². The van der Waals surface area contributed by atoms with E-state index in [1.54, 1.807) is 0 Å². The average Bonchev–Trinajstić information content (AvgIpc) is 3.18. The summed E-state index contributed by atoms with van der Waals surface area (Å²) in [6, 6.07) is 0. The fourth-order valence-corrected chi connectivity index (χ4v) is 6.39. The number of hydrogen-bond donors (Lipinski definition) is 1. The highest BCUT2D eigenvalue weighted by molar-refractivity contribution is 5.69. The lowest BCUT2D eigenvalue weighted by molar-refractivity contribution is -0.154. The fourth-order valence-electron chi connectivity index (χ4n) is 6.39. The Morgan fingerprint density at radius 3 is 1.26 bits per heavy atom. The van der Waals surface area contributed by atoms with Crippen LogP contribution in [0.5, 0.6) is 0 Å². The minimum absolute atomic E-state index is 0.177. The molecule has 1 unspecified atom stereocenters. The quantitative estimate of drug-likeness (QED) is 0.0383. The zero-order chi connectivity index (χ0) is 39.1. The molecule has 0 saturated heterocycles. The number of allylic oxidation sites excluding steroid dienone is 12. The molecule has 0 aromatic carbocycles. The first-order valence-electron chi connectivity index (χ1n) is 23.0. The van der Waals surface area contributed by atoms with Gasteiger partial charge in [-0.1, -0.05) is 215 Å². The summed E-state index contributed by atoms with van der Waals surface area (Å²) in [7, 11) is 0. The molecule has 0 heterocycles. The van der Waals surface area contributed by atoms with E-state index >= 15 is 0 Å². The molecule has 0 aromatic heterocycles. The van der Waals surface area contributed by atoms with Gasteiger partial charge in [0.1, 0.15) is 6.10 Å². The minimum atomic E-state index is -0.542. The van der Waals surface area contributed by atoms with E-state index in [2.05, 4.69) is 86.8 Å². The van der Waals surface area contributed by atoms with E-state index in [0.29, 0.717) is 13.0 Å². The molecule has 0 amide bonds. The Bertz CT molecular complexity index is 927. The second-order valence-electron chi connectivity index (χ2n) is 15.1. The second kappa shape index (κ2) is 47.0. The van der Waals surface area contributed by atoms with Gasteiger partial charge in [-0.15, -0.1) is 0 Å². The van der Waals surface area contributed by atoms with Crippen LogP contribution in [0.15, 0.2) is 72.9 Å². The molecule has 0 spiro atoms. The highest BCUT2D eigenvalue weighted by Crippen LogP contribution is 2.15. The van der Waals surface area contributed by atoms with Gasteiger partial charge in [-0.25, -0.2) is 0 Å². The summed E-state index contributed by atoms with van der Waals surface area (Å²) in [5.41, 5.74) is 0. The Morgan fingerprint density at radius 2 is 0.833 bits per heavy atom. The van der Waals surface area contributed by atoms with Crippen molar-refractivity contribution in [2.75, 3.05) is 19.8 Å². The number of carbonyl (C=O) groups excluding carboxylic acids is 1. The Morgan fingerprint density at radius 1 is 0.463 bits per heavy atom. The molecule has 0 saturated carbocycles. The maximum Gasteiger partial charge on any atom is 0.306 e. The number of ether oxygens (including phenoxy) is 2. The van der Waals surface area contributed by atoms with Gasteiger partial charge >= 0.3 is 5.97 Å². The van der Waals surface area contributed by atoms with Crippen molar-refractivity contribution < 1.29 is 19.4 Å². The first kappa shape index (κ1) is 51.8. The van der Waals surface area contributed by atoms with Crippen LogP contribution in [0.25, 0.3) is 0 Å². The minimum Gasteiger partial charge on any atom is -0.457 e. The Hall–Kier alpha value is -2.17. The topological polar surface area (TPSA) is 55.8 Å². The summed E-state index contributed by atoms with van der Waals surface area (Å²) in [4.78, 5) is 12.2. The lowest BCUT2D eigenvalue weighted by Gasteiger charge is -2.16. The van der Waals surface area contributed by atoms with E-state index in [9.17, 15) is 9.90 Å². The molecular formula is C50H88O4. The molecule has 54 heavy (non-hydrogen) atoms. The average molecular weight is 753 g/mol. The van der Waals surface area contributed by atoms with Crippen LogP contribution in [0, 0.1) is 0 Å². The van der Waals surface area contributed by atoms with Crippen LogP contribution < -0.4 is 0 Å². The van der Waals surface area contributed by atoms with E-state index in [4.69, 9.17) is 9.47 Å². The van der Waals surface area contributed by atoms with Gasteiger partial charge in [-0.05, 0) is 64.2 Å². The monoisotopic (exact) mass is 753 g/mol. The van der Waals surface area contributed by atoms with Crippen molar-refractivity contribution >= 4 is 5.97 Å². The molecule has 0 bridgehead atoms. The van der Waals surface area contributed by atoms with Crippen molar-refractivity contribution in [1.29, 1.82) is 0 Å². The number of esters is 1. The van der Waals surface area contributed by atoms with Gasteiger partial charge in [-0.2, -0.15) is 0 Å². The molecule has 1 atom stereocenters. The number of rotatable bonds is 42. The zero-order valence-corrected chi connectivity index (χ0v) is 35.7. The molecule has 312 valence electrons. The van der Waals surface area contributed by atoms with Crippen molar-refractivity contribution in [3.05, 3.63) is 72.9 Å². The maximum absolute atomic E-state index is 12.2. The lowest BCUT2D eigenvalue weighted by atomic mass is 10.0. The Labute approximate surface area is 336 Å². The van der Waals surface area contributed by atoms with Crippen LogP contribution in [0.2, 0.25) is 0 Å². The number of carbonyl (C=O) groups is 1. The van der Waals surface area contributed by atoms with Gasteiger partial charge in [0, 0.05) is 13.0 Å². The number of aliphatic hydroxyl groups excluding tert-OH is 1. The highest BCUT2D eigenvalue weighted by atomic mass is 16.6. The molecule has 0 aliphatic heterocycles. The van der Waals surface area contributed by atoms with Crippen LogP contribution in [-0.2, 0) is 14.3 Å². The summed E-state index contributed by atoms with van der Waals surface area (Å²) >= 11 is 0. The number of unbranched alkanes of at least 4 members (excludes halogenated alkanes) is 22. The second-order valence-corrected chi connectivity index (χ2v) is 15.1. The third kappa shape index (κ3) is 44.2. The molecule has 0 aliphatic rings. The van der Waals surface area contributed by atoms with Crippen LogP contribution in [-0.4, -0.2) is 37.0 Å². The highest BCUT2D eigenvalue weighted by Gasteiger charge is 2.13. The van der Waals surface area contributed by atoms with Crippen molar-refractivity contribution in [3.8, 4) is 0 Å². The smallest absolute Gasteiger partial charge is 0.306 e. The van der Waals surface area contributed by atoms with E-state index in [1.165, 1.54) is 128 Å². The summed E-state index contributed by atoms with van der Waals surface area (Å²) in [6.45, 7) is 5.22. The molecule has 0 radical (unpaired) electrons. The lowest BCUT2D eigenvalue weighted by Crippen LogP contribution is -2.27. The van der Waals surface area contributed by atoms with Gasteiger partial charge in [-0.3, -0.25) is 4.79 Å². The predicted octanol–water partition coefficient (Wildman–Crippen LogP) is 15.4. The summed E-state index contributed by atoms with van der Waals surface area (Å²) < 4.78 is 11.2. The largest absolute Gasteiger partial charge is 0.457 e. The third-order valence-electron chi connectivity index (χ3n) is 9.80. The third-order valence-corrected chi connectivity index (χ3v) is 9.80. The molecule has 0 aromatic rings. The number of aliphatic hydroxyl groups is 1. The summed E-state index contributed by atoms with van der Waals surface area (Å²) in [5, 5.41) is 9.62. The van der Waals surface area contributed by atoms with Gasteiger partial charge in [0.2, 0.25) is 0 Å². The van der Waals surface area contributed by atoms with Crippen LogP contribution >= 0.6 is 0 Å². The molecule has 0 aliphatic carbocycles. The molecular weight excluding hydrogens is 665 g/mol. The van der Waals surface area contributed by atoms with Crippen LogP contribution in [0.3, 0.4) is 0 Å². The maximum atomic E-state index is 12.2. The van der Waals surface area contributed by atoms with E-state index in [0.717, 1.165) is 64.2 Å². The molecule has 4 nitrogen and oxygen atoms in total. The SMILES string of the molecule is CC/C=C\C/C=C\C/C=C\C/C=C\C/C=C\C/C=C\CCCCCCCCCOCC(CO)OC(=O)CCCCCCCCCCCCCCCCCC. The van der Waals surface area contributed by atoms with Crippen molar-refractivity contribution in [3.63, 3.8) is 0 Å². The first-order valence-corrected chi connectivity index (χ1v) is 23.0. The molecule has 4 heteroatoms. The van der Waals surface area contributed by atoms with Gasteiger partial charge < -0.3 is 14.6 Å². The molecule has 0 fully saturated rings. The van der Waals surface area contributed by atoms with Gasteiger partial charge in [0.25, 0.3) is 0 Å². The van der Waals surface area contributed by atoms with Crippen LogP contribution in [0.1, 0.15) is 213 Å². The predicted molar refractivity (Wildman–Crippen MR) is 237 cm³/mol. The van der Waals surface area contributed by atoms with Crippen molar-refractivity contribution in [2.24, 2.45) is 0 Å². The Balaban J connectivity index is 3.48. The van der Waals surface area contributed by atoms with E-state index < -0.39 is 6.10 Å². The first-order chi connectivity index (χ1) is 26.7. The zero-order valence-electron chi connectivity index (χ0n) is 35.7. The summed E-state index contributed by atoms with van der Waals surface area (Å²) in [6.07, 6.45) is 64.0. The van der Waals surface area contributed by atoms with Gasteiger partial charge in [0.15, 0.2) is 0 Å². The van der Waals surface area contributed by atoms with Crippen molar-refractivity contribution in [2.45, 2.75) is 219 Å². The standard InChI is InChI=1S/C50H88O4/c1-3-5-7-9-11-13-15-17-19-21-22-23-24-25-26-27-28-29-30-32-34-36-38-40-42-44-46-53-48-49(47-51)54-50(52)45-43-41-39-37-35-33-31-20-18-16-14-12-10-8-6-4-2/h5,7,11,13,17,19,22-23,25-26,28-29,49,51H,3-4,6,8-10,12,14-16,18,20-21,24,27,30-48H2,1-2H3/b7-5-,13-11-,19-17-,23-22-,26-25-,29-28-. The number of hydrogen-bond acceptors (Lipinski definition) is 4. The summed E-state index contributed by atoms with van der Waals surface area (Å²) in [5.74, 6) is -0.205. The van der Waals surface area contributed by atoms with Crippen molar-refractivity contribution in [1.82, 2.24) is 0 Å². The fraction of sp³-hybridized carbons (Fsp3) is 0.740. The molecule has 1 N–H and O–H groups in total. The normalized spacial score (nSPS) is 13.0. The van der Waals surface area contributed by atoms with Gasteiger partial charge in [0.05, 0.1) is 13.2 Å². The molecule has 0 rings (SSSR count). The van der Waals surface area contributed by atoms with E-state index in [-0.39, 0.29) is 19.2 Å².